The molecule has 3 rings (SSSR count). The van der Waals surface area contributed by atoms with Crippen LogP contribution in [0.1, 0.15) is 36.7 Å². The number of rotatable bonds is 6. The largest absolute Gasteiger partial charge is 0.310 e. The average molecular weight is 327 g/mol. The summed E-state index contributed by atoms with van der Waals surface area (Å²) in [7, 11) is 0. The number of aryl methyl sites for hydroxylation is 2. The second-order valence-electron chi connectivity index (χ2n) is 7.09. The predicted molar refractivity (Wildman–Crippen MR) is 96.8 cm³/mol. The lowest BCUT2D eigenvalue weighted by molar-refractivity contribution is 0.182. The van der Waals surface area contributed by atoms with Crippen molar-refractivity contribution in [2.45, 2.75) is 58.8 Å². The van der Waals surface area contributed by atoms with E-state index in [0.29, 0.717) is 12.1 Å². The van der Waals surface area contributed by atoms with Gasteiger partial charge in [0, 0.05) is 36.7 Å². The van der Waals surface area contributed by atoms with Gasteiger partial charge in [-0.15, -0.1) is 0 Å². The van der Waals surface area contributed by atoms with Crippen molar-refractivity contribution in [1.29, 1.82) is 0 Å². The molecule has 1 atom stereocenters. The number of pyridine rings is 1. The van der Waals surface area contributed by atoms with Crippen LogP contribution < -0.4 is 5.32 Å². The van der Waals surface area contributed by atoms with E-state index in [9.17, 15) is 0 Å². The van der Waals surface area contributed by atoms with Crippen LogP contribution in [0.25, 0.3) is 0 Å². The third kappa shape index (κ3) is 4.65. The zero-order valence-corrected chi connectivity index (χ0v) is 15.1. The van der Waals surface area contributed by atoms with Crippen molar-refractivity contribution in [3.8, 4) is 0 Å². The summed E-state index contributed by atoms with van der Waals surface area (Å²) in [4.78, 5) is 6.73. The summed E-state index contributed by atoms with van der Waals surface area (Å²) in [6, 6.07) is 7.38. The molecule has 1 fully saturated rings. The Morgan fingerprint density at radius 1 is 1.29 bits per heavy atom. The summed E-state index contributed by atoms with van der Waals surface area (Å²) in [6.07, 6.45) is 6.23. The zero-order valence-electron chi connectivity index (χ0n) is 15.1. The predicted octanol–water partition coefficient (Wildman–Crippen LogP) is 2.54. The lowest BCUT2D eigenvalue weighted by Gasteiger charge is -2.34. The van der Waals surface area contributed by atoms with Gasteiger partial charge in [0.15, 0.2) is 0 Å². The molecule has 0 unspecified atom stereocenters. The van der Waals surface area contributed by atoms with E-state index < -0.39 is 0 Å². The van der Waals surface area contributed by atoms with Gasteiger partial charge >= 0.3 is 0 Å². The monoisotopic (exact) mass is 327 g/mol. The third-order valence-corrected chi connectivity index (χ3v) is 4.79. The minimum Gasteiger partial charge on any atom is -0.310 e. The lowest BCUT2D eigenvalue weighted by atomic mass is 10.0. The fraction of sp³-hybridized carbons (Fsp3) is 0.579. The fourth-order valence-electron chi connectivity index (χ4n) is 3.58. The van der Waals surface area contributed by atoms with Gasteiger partial charge in [-0.25, -0.2) is 0 Å². The van der Waals surface area contributed by atoms with E-state index in [1.165, 1.54) is 24.1 Å². The molecule has 5 nitrogen and oxygen atoms in total. The van der Waals surface area contributed by atoms with E-state index in [1.54, 1.807) is 0 Å². The number of piperidine rings is 1. The molecule has 2 aromatic heterocycles. The van der Waals surface area contributed by atoms with E-state index in [2.05, 4.69) is 57.9 Å². The maximum Gasteiger partial charge on any atom is 0.0596 e. The van der Waals surface area contributed by atoms with Crippen LogP contribution in [0.15, 0.2) is 30.6 Å². The highest BCUT2D eigenvalue weighted by atomic mass is 15.3. The van der Waals surface area contributed by atoms with E-state index in [0.717, 1.165) is 31.9 Å². The van der Waals surface area contributed by atoms with Crippen molar-refractivity contribution >= 4 is 0 Å². The topological polar surface area (TPSA) is 46.0 Å². The molecular weight excluding hydrogens is 298 g/mol. The molecule has 0 bridgehead atoms. The van der Waals surface area contributed by atoms with Crippen LogP contribution in [0.3, 0.4) is 0 Å². The Hall–Kier alpha value is -1.72. The summed E-state index contributed by atoms with van der Waals surface area (Å²) < 4.78 is 2.12. The molecule has 0 aromatic carbocycles. The number of aromatic nitrogens is 3. The maximum absolute atomic E-state index is 4.56. The van der Waals surface area contributed by atoms with E-state index in [1.807, 2.05) is 18.5 Å². The van der Waals surface area contributed by atoms with Crippen LogP contribution in [-0.4, -0.2) is 44.8 Å². The number of hydrogen-bond donors (Lipinski definition) is 1. The van der Waals surface area contributed by atoms with Crippen LogP contribution in [0.4, 0.5) is 0 Å². The Kier molecular flexibility index (Phi) is 5.63. The zero-order chi connectivity index (χ0) is 16.9. The van der Waals surface area contributed by atoms with Crippen molar-refractivity contribution in [1.82, 2.24) is 25.0 Å². The smallest absolute Gasteiger partial charge is 0.0596 e. The van der Waals surface area contributed by atoms with Gasteiger partial charge in [-0.2, -0.15) is 5.10 Å². The van der Waals surface area contributed by atoms with Gasteiger partial charge in [0.2, 0.25) is 0 Å². The van der Waals surface area contributed by atoms with Crippen molar-refractivity contribution in [3.05, 3.63) is 47.5 Å². The van der Waals surface area contributed by atoms with E-state index in [4.69, 9.17) is 0 Å². The Labute approximate surface area is 145 Å². The molecule has 0 amide bonds. The van der Waals surface area contributed by atoms with Crippen LogP contribution in [0, 0.1) is 13.8 Å². The van der Waals surface area contributed by atoms with Crippen molar-refractivity contribution in [2.75, 3.05) is 13.1 Å². The summed E-state index contributed by atoms with van der Waals surface area (Å²) in [5, 5.41) is 8.35. The highest BCUT2D eigenvalue weighted by Gasteiger charge is 2.20. The van der Waals surface area contributed by atoms with Crippen molar-refractivity contribution < 1.29 is 0 Å². The molecule has 3 heterocycles. The second kappa shape index (κ2) is 7.90. The first kappa shape index (κ1) is 17.1. The number of nitrogens with one attached hydrogen (secondary N) is 1. The highest BCUT2D eigenvalue weighted by molar-refractivity contribution is 5.08. The maximum atomic E-state index is 4.56. The molecule has 0 radical (unpaired) electrons. The van der Waals surface area contributed by atoms with Crippen LogP contribution in [-0.2, 0) is 13.1 Å². The Bertz CT molecular complexity index is 628. The lowest BCUT2D eigenvalue weighted by Crippen LogP contribution is -2.46. The Balaban J connectivity index is 1.42. The number of nitrogens with zero attached hydrogens (tertiary/aromatic N) is 4. The molecule has 2 aromatic rings. The molecule has 0 spiro atoms. The van der Waals surface area contributed by atoms with Gasteiger partial charge in [0.25, 0.3) is 0 Å². The Morgan fingerprint density at radius 2 is 2.08 bits per heavy atom. The van der Waals surface area contributed by atoms with Crippen LogP contribution in [0.2, 0.25) is 0 Å². The van der Waals surface area contributed by atoms with Gasteiger partial charge in [0.05, 0.1) is 12.2 Å². The highest BCUT2D eigenvalue weighted by Crippen LogP contribution is 2.14. The third-order valence-electron chi connectivity index (χ3n) is 4.79. The summed E-state index contributed by atoms with van der Waals surface area (Å²) >= 11 is 0. The molecule has 5 heteroatoms. The Morgan fingerprint density at radius 3 is 2.71 bits per heavy atom. The summed E-state index contributed by atoms with van der Waals surface area (Å²) in [5.41, 5.74) is 3.65. The molecule has 1 saturated heterocycles. The van der Waals surface area contributed by atoms with E-state index >= 15 is 0 Å². The van der Waals surface area contributed by atoms with Gasteiger partial charge in [-0.1, -0.05) is 6.07 Å². The molecule has 1 aliphatic rings. The average Bonchev–Trinajstić information content (AvgIpc) is 2.87. The first-order valence-corrected chi connectivity index (χ1v) is 8.98. The van der Waals surface area contributed by atoms with Crippen molar-refractivity contribution in [2.24, 2.45) is 0 Å². The quantitative estimate of drug-likeness (QED) is 0.886. The van der Waals surface area contributed by atoms with Gasteiger partial charge in [-0.3, -0.25) is 14.6 Å². The SMILES string of the molecule is Cc1cc(C)n(C[C@@H](C)NC2CCN(Cc3cccnc3)CC2)n1. The van der Waals surface area contributed by atoms with Gasteiger partial charge in [-0.05, 0) is 64.4 Å². The van der Waals surface area contributed by atoms with Crippen LogP contribution >= 0.6 is 0 Å². The molecule has 1 aliphatic heterocycles. The minimum absolute atomic E-state index is 0.442. The molecule has 24 heavy (non-hydrogen) atoms. The second-order valence-corrected chi connectivity index (χ2v) is 7.09. The molecule has 0 aliphatic carbocycles. The first-order valence-electron chi connectivity index (χ1n) is 8.98. The van der Waals surface area contributed by atoms with E-state index in [-0.39, 0.29) is 0 Å². The molecule has 0 saturated carbocycles. The van der Waals surface area contributed by atoms with Gasteiger partial charge in [0.1, 0.15) is 0 Å². The van der Waals surface area contributed by atoms with Gasteiger partial charge < -0.3 is 5.32 Å². The summed E-state index contributed by atoms with van der Waals surface area (Å²) in [6.45, 7) is 10.7. The summed E-state index contributed by atoms with van der Waals surface area (Å²) in [5.74, 6) is 0. The van der Waals surface area contributed by atoms with Crippen molar-refractivity contribution in [3.63, 3.8) is 0 Å². The van der Waals surface area contributed by atoms with Crippen LogP contribution in [0.5, 0.6) is 0 Å². The standard InChI is InChI=1S/C19H29N5/c1-15-11-17(3)24(22-15)13-16(2)21-19-6-9-23(10-7-19)14-18-5-4-8-20-12-18/h4-5,8,11-12,16,19,21H,6-7,9-10,13-14H2,1-3H3/t16-/m1/s1. The molecular formula is C19H29N5. The number of likely N-dealkylation sites (tertiary alicyclic amines) is 1. The number of hydrogen-bond acceptors (Lipinski definition) is 4. The normalized spacial score (nSPS) is 18.0. The minimum atomic E-state index is 0.442. The molecule has 1 N–H and O–H groups in total. The fourth-order valence-corrected chi connectivity index (χ4v) is 3.58. The first-order chi connectivity index (χ1) is 11.6. The molecule has 130 valence electrons.